The van der Waals surface area contributed by atoms with Crippen LogP contribution in [0.1, 0.15) is 68.9 Å². The van der Waals surface area contributed by atoms with E-state index < -0.39 is 0 Å². The van der Waals surface area contributed by atoms with Crippen molar-refractivity contribution in [2.24, 2.45) is 0 Å². The zero-order chi connectivity index (χ0) is 18.7. The average Bonchev–Trinajstić information content (AvgIpc) is 3.06. The van der Waals surface area contributed by atoms with Crippen LogP contribution in [0, 0.1) is 0 Å². The van der Waals surface area contributed by atoms with Gasteiger partial charge in [0.05, 0.1) is 17.8 Å². The maximum absolute atomic E-state index is 13.1. The van der Waals surface area contributed by atoms with E-state index in [1.807, 2.05) is 15.6 Å². The Kier molecular flexibility index (Phi) is 5.35. The molecule has 140 valence electrons. The van der Waals surface area contributed by atoms with E-state index >= 15 is 0 Å². The normalized spacial score (nSPS) is 18.1. The lowest BCUT2D eigenvalue weighted by atomic mass is 9.89. The Morgan fingerprint density at radius 3 is 2.50 bits per heavy atom. The number of aromatic nitrogens is 2. The third-order valence-electron chi connectivity index (χ3n) is 5.06. The van der Waals surface area contributed by atoms with E-state index in [0.717, 1.165) is 38.2 Å². The Balaban J connectivity index is 1.95. The summed E-state index contributed by atoms with van der Waals surface area (Å²) in [6.45, 7) is 10.1. The number of hydrogen-bond acceptors (Lipinski definition) is 3. The molecule has 1 aromatic carbocycles. The number of nitrogens with zero attached hydrogens (tertiary/aromatic N) is 3. The largest absolute Gasteiger partial charge is 0.363 e. The van der Waals surface area contributed by atoms with Gasteiger partial charge in [-0.1, -0.05) is 44.2 Å². The minimum atomic E-state index is -0.153. The lowest BCUT2D eigenvalue weighted by molar-refractivity contribution is 0.0756. The number of benzene rings is 1. The first kappa shape index (κ1) is 18.5. The van der Waals surface area contributed by atoms with Gasteiger partial charge >= 0.3 is 0 Å². The van der Waals surface area contributed by atoms with Gasteiger partial charge < -0.3 is 10.2 Å². The quantitative estimate of drug-likeness (QED) is 0.834. The fourth-order valence-electron chi connectivity index (χ4n) is 3.82. The predicted octanol–water partition coefficient (Wildman–Crippen LogP) is 4.44. The van der Waals surface area contributed by atoms with Crippen molar-refractivity contribution < 1.29 is 4.79 Å². The van der Waals surface area contributed by atoms with E-state index in [4.69, 9.17) is 0 Å². The van der Waals surface area contributed by atoms with Gasteiger partial charge in [0.2, 0.25) is 0 Å². The van der Waals surface area contributed by atoms with Gasteiger partial charge in [-0.3, -0.25) is 4.79 Å². The maximum Gasteiger partial charge on any atom is 0.259 e. The molecule has 5 nitrogen and oxygen atoms in total. The Hall–Kier alpha value is -2.30. The van der Waals surface area contributed by atoms with Gasteiger partial charge in [-0.25, -0.2) is 4.68 Å². The molecule has 0 saturated carbocycles. The van der Waals surface area contributed by atoms with Crippen molar-refractivity contribution in [1.29, 1.82) is 0 Å². The van der Waals surface area contributed by atoms with E-state index in [9.17, 15) is 4.79 Å². The molecule has 2 aromatic rings. The Labute approximate surface area is 156 Å². The highest BCUT2D eigenvalue weighted by molar-refractivity contribution is 5.99. The van der Waals surface area contributed by atoms with Crippen molar-refractivity contribution in [2.45, 2.75) is 58.5 Å². The second kappa shape index (κ2) is 7.52. The Morgan fingerprint density at radius 1 is 1.23 bits per heavy atom. The van der Waals surface area contributed by atoms with Gasteiger partial charge in [0.1, 0.15) is 11.4 Å². The van der Waals surface area contributed by atoms with Gasteiger partial charge in [0, 0.05) is 13.1 Å². The summed E-state index contributed by atoms with van der Waals surface area (Å²) in [5, 5.41) is 8.16. The average molecular weight is 354 g/mol. The first-order valence-electron chi connectivity index (χ1n) is 9.67. The molecule has 1 aromatic heterocycles. The smallest absolute Gasteiger partial charge is 0.259 e. The molecule has 1 aliphatic heterocycles. The standard InChI is InChI=1S/C21H30N4O/c1-5-12-24(13-6-2)20(26)17-15-22-25-19(17)23-18(14-21(25,3)4)16-10-8-7-9-11-16/h7-11,15,18,23H,5-6,12-14H2,1-4H3. The summed E-state index contributed by atoms with van der Waals surface area (Å²) >= 11 is 0. The lowest BCUT2D eigenvalue weighted by Crippen LogP contribution is -2.39. The van der Waals surface area contributed by atoms with Crippen molar-refractivity contribution in [2.75, 3.05) is 18.4 Å². The van der Waals surface area contributed by atoms with Crippen molar-refractivity contribution in [1.82, 2.24) is 14.7 Å². The first-order valence-corrected chi connectivity index (χ1v) is 9.67. The second-order valence-electron chi connectivity index (χ2n) is 7.74. The number of carbonyl (C=O) groups is 1. The second-order valence-corrected chi connectivity index (χ2v) is 7.74. The summed E-state index contributed by atoms with van der Waals surface area (Å²) in [4.78, 5) is 15.1. The minimum Gasteiger partial charge on any atom is -0.363 e. The molecular formula is C21H30N4O. The molecule has 2 heterocycles. The van der Waals surface area contributed by atoms with E-state index in [2.05, 4.69) is 62.4 Å². The number of rotatable bonds is 6. The molecule has 0 saturated heterocycles. The minimum absolute atomic E-state index is 0.0759. The van der Waals surface area contributed by atoms with Crippen LogP contribution in [0.15, 0.2) is 36.5 Å². The third kappa shape index (κ3) is 3.48. The van der Waals surface area contributed by atoms with E-state index in [0.29, 0.717) is 5.56 Å². The topological polar surface area (TPSA) is 50.2 Å². The van der Waals surface area contributed by atoms with Crippen molar-refractivity contribution in [3.8, 4) is 0 Å². The summed E-state index contributed by atoms with van der Waals surface area (Å²) in [5.41, 5.74) is 1.77. The van der Waals surface area contributed by atoms with Crippen LogP contribution in [0.2, 0.25) is 0 Å². The summed E-state index contributed by atoms with van der Waals surface area (Å²) in [6.07, 6.45) is 4.58. The van der Waals surface area contributed by atoms with Crippen molar-refractivity contribution in [3.63, 3.8) is 0 Å². The molecule has 0 aliphatic carbocycles. The highest BCUT2D eigenvalue weighted by Gasteiger charge is 2.37. The molecule has 1 atom stereocenters. The predicted molar refractivity (Wildman–Crippen MR) is 105 cm³/mol. The summed E-state index contributed by atoms with van der Waals surface area (Å²) < 4.78 is 1.98. The van der Waals surface area contributed by atoms with Crippen LogP contribution in [0.3, 0.4) is 0 Å². The molecule has 0 bridgehead atoms. The highest BCUT2D eigenvalue weighted by atomic mass is 16.2. The number of nitrogens with one attached hydrogen (secondary N) is 1. The molecule has 1 N–H and O–H groups in total. The van der Waals surface area contributed by atoms with Crippen molar-refractivity contribution >= 4 is 11.7 Å². The van der Waals surface area contributed by atoms with E-state index in [-0.39, 0.29) is 17.5 Å². The monoisotopic (exact) mass is 354 g/mol. The lowest BCUT2D eigenvalue weighted by Gasteiger charge is -2.38. The van der Waals surface area contributed by atoms with E-state index in [1.165, 1.54) is 5.56 Å². The van der Waals surface area contributed by atoms with Gasteiger partial charge in [-0.05, 0) is 38.7 Å². The number of anilines is 1. The molecular weight excluding hydrogens is 324 g/mol. The van der Waals surface area contributed by atoms with Crippen LogP contribution in [0.25, 0.3) is 0 Å². The van der Waals surface area contributed by atoms with E-state index in [1.54, 1.807) is 6.20 Å². The van der Waals surface area contributed by atoms with Gasteiger partial charge in [-0.2, -0.15) is 5.10 Å². The van der Waals surface area contributed by atoms with Crippen LogP contribution in [-0.2, 0) is 5.54 Å². The third-order valence-corrected chi connectivity index (χ3v) is 5.06. The maximum atomic E-state index is 13.1. The first-order chi connectivity index (χ1) is 12.5. The molecule has 1 aliphatic rings. The van der Waals surface area contributed by atoms with Gasteiger partial charge in [-0.15, -0.1) is 0 Å². The molecule has 0 radical (unpaired) electrons. The Bertz CT molecular complexity index is 745. The van der Waals surface area contributed by atoms with Gasteiger partial charge in [0.15, 0.2) is 0 Å². The SMILES string of the molecule is CCCN(CCC)C(=O)c1cnn2c1NC(c1ccccc1)CC2(C)C. The summed E-state index contributed by atoms with van der Waals surface area (Å²) in [5.74, 6) is 0.921. The number of amides is 1. The zero-order valence-corrected chi connectivity index (χ0v) is 16.3. The molecule has 1 amide bonds. The van der Waals surface area contributed by atoms with Crippen LogP contribution in [0.4, 0.5) is 5.82 Å². The Morgan fingerprint density at radius 2 is 1.88 bits per heavy atom. The fourth-order valence-corrected chi connectivity index (χ4v) is 3.82. The van der Waals surface area contributed by atoms with Gasteiger partial charge in [0.25, 0.3) is 5.91 Å². The van der Waals surface area contributed by atoms with Crippen molar-refractivity contribution in [3.05, 3.63) is 47.7 Å². The summed E-state index contributed by atoms with van der Waals surface area (Å²) in [7, 11) is 0. The van der Waals surface area contributed by atoms with Crippen LogP contribution in [-0.4, -0.2) is 33.7 Å². The van der Waals surface area contributed by atoms with Crippen LogP contribution in [0.5, 0.6) is 0 Å². The van der Waals surface area contributed by atoms with Crippen LogP contribution >= 0.6 is 0 Å². The number of fused-ring (bicyclic) bond motifs is 1. The molecule has 0 fully saturated rings. The number of carbonyl (C=O) groups excluding carboxylic acids is 1. The highest BCUT2D eigenvalue weighted by Crippen LogP contribution is 2.40. The molecule has 5 heteroatoms. The summed E-state index contributed by atoms with van der Waals surface area (Å²) in [6, 6.07) is 10.6. The number of hydrogen-bond donors (Lipinski definition) is 1. The molecule has 0 spiro atoms. The van der Waals surface area contributed by atoms with Crippen LogP contribution < -0.4 is 5.32 Å². The molecule has 1 unspecified atom stereocenters. The zero-order valence-electron chi connectivity index (χ0n) is 16.3. The molecule has 3 rings (SSSR count). The fraction of sp³-hybridized carbons (Fsp3) is 0.524. The molecule has 26 heavy (non-hydrogen) atoms.